The molecule has 3 aromatic rings. The van der Waals surface area contributed by atoms with Crippen molar-refractivity contribution in [2.75, 3.05) is 13.6 Å². The van der Waals surface area contributed by atoms with Gasteiger partial charge >= 0.3 is 0 Å². The third-order valence-electron chi connectivity index (χ3n) is 4.52. The van der Waals surface area contributed by atoms with Crippen LogP contribution in [0.15, 0.2) is 53.0 Å². The SMILES string of the molecule is Cc1ccc(S(=O)(=O)N(C)CC(=O)NCc2nc(-c3ccncc3)cs2)cc1C. The molecule has 9 heteroatoms. The van der Waals surface area contributed by atoms with E-state index in [0.29, 0.717) is 0 Å². The standard InChI is InChI=1S/C20H22N4O3S2/c1-14-4-5-17(10-15(14)2)29(26,27)24(3)12-19(25)22-11-20-23-18(13-28-20)16-6-8-21-9-7-16/h4-10,13H,11-12H2,1-3H3,(H,22,25). The number of aryl methyl sites for hydroxylation is 2. The topological polar surface area (TPSA) is 92.3 Å². The minimum absolute atomic E-state index is 0.179. The average molecular weight is 431 g/mol. The maximum Gasteiger partial charge on any atom is 0.243 e. The number of carbonyl (C=O) groups is 1. The fourth-order valence-corrected chi connectivity index (χ4v) is 4.57. The molecular weight excluding hydrogens is 408 g/mol. The predicted molar refractivity (Wildman–Crippen MR) is 113 cm³/mol. The molecule has 0 unspecified atom stereocenters. The van der Waals surface area contributed by atoms with Crippen LogP contribution in [-0.4, -0.2) is 42.2 Å². The molecule has 0 saturated carbocycles. The maximum atomic E-state index is 12.7. The van der Waals surface area contributed by atoms with E-state index in [0.717, 1.165) is 31.7 Å². The zero-order valence-corrected chi connectivity index (χ0v) is 18.0. The van der Waals surface area contributed by atoms with Crippen LogP contribution >= 0.6 is 11.3 Å². The van der Waals surface area contributed by atoms with E-state index in [1.165, 1.54) is 18.4 Å². The van der Waals surface area contributed by atoms with Gasteiger partial charge in [-0.1, -0.05) is 6.07 Å². The maximum absolute atomic E-state index is 12.7. The third kappa shape index (κ3) is 5.06. The van der Waals surface area contributed by atoms with Gasteiger partial charge in [-0.3, -0.25) is 9.78 Å². The van der Waals surface area contributed by atoms with Crippen LogP contribution in [0.2, 0.25) is 0 Å². The highest BCUT2D eigenvalue weighted by Crippen LogP contribution is 2.21. The molecule has 0 saturated heterocycles. The summed E-state index contributed by atoms with van der Waals surface area (Å²) >= 11 is 1.43. The third-order valence-corrected chi connectivity index (χ3v) is 7.17. The van der Waals surface area contributed by atoms with Gasteiger partial charge in [-0.2, -0.15) is 4.31 Å². The number of rotatable bonds is 7. The van der Waals surface area contributed by atoms with Crippen LogP contribution in [0.5, 0.6) is 0 Å². The highest BCUT2D eigenvalue weighted by atomic mass is 32.2. The Morgan fingerprint density at radius 3 is 2.55 bits per heavy atom. The minimum atomic E-state index is -3.73. The number of aromatic nitrogens is 2. The van der Waals surface area contributed by atoms with Crippen molar-refractivity contribution in [1.82, 2.24) is 19.6 Å². The number of carbonyl (C=O) groups excluding carboxylic acids is 1. The molecular formula is C20H22N4O3S2. The monoisotopic (exact) mass is 430 g/mol. The van der Waals surface area contributed by atoms with Gasteiger partial charge in [-0.05, 0) is 49.2 Å². The van der Waals surface area contributed by atoms with Crippen molar-refractivity contribution in [2.45, 2.75) is 25.3 Å². The Morgan fingerprint density at radius 2 is 1.86 bits per heavy atom. The number of amides is 1. The summed E-state index contributed by atoms with van der Waals surface area (Å²) in [5.41, 5.74) is 3.67. The number of likely N-dealkylation sites (N-methyl/N-ethyl adjacent to an activating group) is 1. The molecule has 0 bridgehead atoms. The Kier molecular flexibility index (Phi) is 6.41. The predicted octanol–water partition coefficient (Wildman–Crippen LogP) is 2.76. The molecule has 2 heterocycles. The molecule has 0 aliphatic rings. The summed E-state index contributed by atoms with van der Waals surface area (Å²) in [5.74, 6) is -0.388. The van der Waals surface area contributed by atoms with Crippen LogP contribution in [0.3, 0.4) is 0 Å². The van der Waals surface area contributed by atoms with E-state index in [1.807, 2.05) is 31.4 Å². The number of pyridine rings is 1. The molecule has 0 atom stereocenters. The van der Waals surface area contributed by atoms with Gasteiger partial charge in [-0.15, -0.1) is 11.3 Å². The lowest BCUT2D eigenvalue weighted by molar-refractivity contribution is -0.121. The molecule has 1 amide bonds. The lowest BCUT2D eigenvalue weighted by Gasteiger charge is -2.17. The summed E-state index contributed by atoms with van der Waals surface area (Å²) in [7, 11) is -2.34. The average Bonchev–Trinajstić information content (AvgIpc) is 3.18. The molecule has 3 rings (SSSR count). The number of nitrogens with zero attached hydrogens (tertiary/aromatic N) is 3. The fourth-order valence-electron chi connectivity index (χ4n) is 2.62. The quantitative estimate of drug-likeness (QED) is 0.622. The van der Waals surface area contributed by atoms with Crippen molar-refractivity contribution in [1.29, 1.82) is 0 Å². The molecule has 0 aliphatic heterocycles. The molecule has 1 N–H and O–H groups in total. The van der Waals surface area contributed by atoms with Crippen molar-refractivity contribution < 1.29 is 13.2 Å². The summed E-state index contributed by atoms with van der Waals surface area (Å²) in [6.07, 6.45) is 3.39. The Balaban J connectivity index is 1.59. The number of hydrogen-bond acceptors (Lipinski definition) is 6. The Labute approximate surface area is 174 Å². The van der Waals surface area contributed by atoms with E-state index < -0.39 is 10.0 Å². The van der Waals surface area contributed by atoms with E-state index in [-0.39, 0.29) is 23.9 Å². The van der Waals surface area contributed by atoms with Crippen LogP contribution in [-0.2, 0) is 21.4 Å². The van der Waals surface area contributed by atoms with Gasteiger partial charge < -0.3 is 5.32 Å². The van der Waals surface area contributed by atoms with Crippen molar-refractivity contribution in [3.63, 3.8) is 0 Å². The first-order valence-electron chi connectivity index (χ1n) is 8.92. The second kappa shape index (κ2) is 8.81. The normalized spacial score (nSPS) is 11.6. The highest BCUT2D eigenvalue weighted by Gasteiger charge is 2.23. The zero-order chi connectivity index (χ0) is 21.0. The molecule has 1 aromatic carbocycles. The van der Waals surface area contributed by atoms with E-state index >= 15 is 0 Å². The number of sulfonamides is 1. The van der Waals surface area contributed by atoms with Crippen LogP contribution in [0.25, 0.3) is 11.3 Å². The summed E-state index contributed by atoms with van der Waals surface area (Å²) < 4.78 is 26.4. The van der Waals surface area contributed by atoms with Gasteiger partial charge in [0.05, 0.1) is 23.7 Å². The number of nitrogens with one attached hydrogen (secondary N) is 1. The van der Waals surface area contributed by atoms with Gasteiger partial charge in [-0.25, -0.2) is 13.4 Å². The minimum Gasteiger partial charge on any atom is -0.348 e. The van der Waals surface area contributed by atoms with E-state index in [2.05, 4.69) is 15.3 Å². The van der Waals surface area contributed by atoms with E-state index in [9.17, 15) is 13.2 Å². The van der Waals surface area contributed by atoms with Gasteiger partial charge in [0, 0.05) is 30.4 Å². The second-order valence-electron chi connectivity index (χ2n) is 6.65. The van der Waals surface area contributed by atoms with Gasteiger partial charge in [0.2, 0.25) is 15.9 Å². The summed E-state index contributed by atoms with van der Waals surface area (Å²) in [4.78, 5) is 20.9. The van der Waals surface area contributed by atoms with Crippen LogP contribution in [0.4, 0.5) is 0 Å². The largest absolute Gasteiger partial charge is 0.348 e. The molecule has 29 heavy (non-hydrogen) atoms. The first-order chi connectivity index (χ1) is 13.8. The summed E-state index contributed by atoms with van der Waals surface area (Å²) in [5, 5.41) is 5.38. The molecule has 152 valence electrons. The van der Waals surface area contributed by atoms with Crippen molar-refractivity contribution in [3.05, 3.63) is 64.2 Å². The lowest BCUT2D eigenvalue weighted by Crippen LogP contribution is -2.38. The fraction of sp³-hybridized carbons (Fsp3) is 0.250. The van der Waals surface area contributed by atoms with Gasteiger partial charge in [0.15, 0.2) is 0 Å². The van der Waals surface area contributed by atoms with Crippen LogP contribution < -0.4 is 5.32 Å². The van der Waals surface area contributed by atoms with Gasteiger partial charge in [0.1, 0.15) is 5.01 Å². The Morgan fingerprint density at radius 1 is 1.14 bits per heavy atom. The molecule has 7 nitrogen and oxygen atoms in total. The molecule has 0 radical (unpaired) electrons. The molecule has 0 aliphatic carbocycles. The highest BCUT2D eigenvalue weighted by molar-refractivity contribution is 7.89. The van der Waals surface area contributed by atoms with Crippen LogP contribution in [0.1, 0.15) is 16.1 Å². The number of benzene rings is 1. The van der Waals surface area contributed by atoms with E-state index in [4.69, 9.17) is 0 Å². The van der Waals surface area contributed by atoms with Crippen molar-refractivity contribution in [3.8, 4) is 11.3 Å². The zero-order valence-electron chi connectivity index (χ0n) is 16.4. The summed E-state index contributed by atoms with van der Waals surface area (Å²) in [6, 6.07) is 8.67. The summed E-state index contributed by atoms with van der Waals surface area (Å²) in [6.45, 7) is 3.75. The van der Waals surface area contributed by atoms with Gasteiger partial charge in [0.25, 0.3) is 0 Å². The van der Waals surface area contributed by atoms with Crippen LogP contribution in [0, 0.1) is 13.8 Å². The number of hydrogen-bond donors (Lipinski definition) is 1. The lowest BCUT2D eigenvalue weighted by atomic mass is 10.1. The van der Waals surface area contributed by atoms with Crippen molar-refractivity contribution >= 4 is 27.3 Å². The molecule has 2 aromatic heterocycles. The molecule has 0 spiro atoms. The van der Waals surface area contributed by atoms with Crippen molar-refractivity contribution in [2.24, 2.45) is 0 Å². The molecule has 0 fully saturated rings. The second-order valence-corrected chi connectivity index (χ2v) is 9.63. The smallest absolute Gasteiger partial charge is 0.243 e. The first-order valence-corrected chi connectivity index (χ1v) is 11.2. The van der Waals surface area contributed by atoms with E-state index in [1.54, 1.807) is 30.6 Å². The number of thiazole rings is 1. The first kappa shape index (κ1) is 21.1. The Bertz CT molecular complexity index is 1110. The Hall–Kier alpha value is -2.62.